The average molecular weight is 239 g/mol. The molecule has 1 N–H and O–H groups in total. The van der Waals surface area contributed by atoms with Crippen molar-refractivity contribution in [1.29, 1.82) is 0 Å². The topological polar surface area (TPSA) is 12.0 Å². The van der Waals surface area contributed by atoms with Crippen LogP contribution < -0.4 is 5.32 Å². The summed E-state index contributed by atoms with van der Waals surface area (Å²) in [6.07, 6.45) is 0. The molecule has 0 amide bonds. The molecule has 0 saturated heterocycles. The fraction of sp³-hybridized carbons (Fsp3) is 0.294. The fourth-order valence-corrected chi connectivity index (χ4v) is 2.16. The van der Waals surface area contributed by atoms with Crippen molar-refractivity contribution in [3.8, 4) is 0 Å². The molecule has 0 aliphatic rings. The molecule has 0 fully saturated rings. The maximum Gasteiger partial charge on any atom is 0.0297 e. The van der Waals surface area contributed by atoms with Crippen molar-refractivity contribution in [2.45, 2.75) is 32.9 Å². The van der Waals surface area contributed by atoms with Gasteiger partial charge < -0.3 is 5.32 Å². The first-order valence-corrected chi connectivity index (χ1v) is 6.54. The van der Waals surface area contributed by atoms with Crippen molar-refractivity contribution in [2.24, 2.45) is 0 Å². The zero-order chi connectivity index (χ0) is 13.0. The molecule has 0 aliphatic carbocycles. The van der Waals surface area contributed by atoms with E-state index in [1.54, 1.807) is 0 Å². The van der Waals surface area contributed by atoms with Gasteiger partial charge in [-0.25, -0.2) is 0 Å². The Bertz CT molecular complexity index is 473. The van der Waals surface area contributed by atoms with E-state index in [-0.39, 0.29) is 0 Å². The summed E-state index contributed by atoms with van der Waals surface area (Å²) in [7, 11) is 0. The summed E-state index contributed by atoms with van der Waals surface area (Å²) in [5.74, 6) is 0. The lowest BCUT2D eigenvalue weighted by Gasteiger charge is -2.21. The monoisotopic (exact) mass is 239 g/mol. The highest BCUT2D eigenvalue weighted by Gasteiger charge is 2.10. The van der Waals surface area contributed by atoms with Crippen LogP contribution in [0.5, 0.6) is 0 Å². The largest absolute Gasteiger partial charge is 0.304 e. The zero-order valence-corrected chi connectivity index (χ0v) is 11.4. The Labute approximate surface area is 110 Å². The van der Waals surface area contributed by atoms with Gasteiger partial charge in [-0.2, -0.15) is 0 Å². The first kappa shape index (κ1) is 12.8. The molecular weight excluding hydrogens is 218 g/mol. The van der Waals surface area contributed by atoms with Crippen LogP contribution in [-0.4, -0.2) is 0 Å². The van der Waals surface area contributed by atoms with Crippen LogP contribution in [-0.2, 0) is 0 Å². The molecule has 1 nitrogen and oxygen atoms in total. The fourth-order valence-electron chi connectivity index (χ4n) is 2.16. The summed E-state index contributed by atoms with van der Waals surface area (Å²) in [5.41, 5.74) is 3.97. The number of nitrogens with one attached hydrogen (secondary N) is 1. The summed E-state index contributed by atoms with van der Waals surface area (Å²) in [6.45, 7) is 6.54. The highest BCUT2D eigenvalue weighted by atomic mass is 14.9. The van der Waals surface area contributed by atoms with Crippen molar-refractivity contribution in [3.05, 3.63) is 71.3 Å². The zero-order valence-electron chi connectivity index (χ0n) is 11.4. The maximum absolute atomic E-state index is 3.63. The highest BCUT2D eigenvalue weighted by Crippen LogP contribution is 2.19. The van der Waals surface area contributed by atoms with Crippen molar-refractivity contribution < 1.29 is 0 Å². The Balaban J connectivity index is 2.03. The highest BCUT2D eigenvalue weighted by molar-refractivity contribution is 5.25. The van der Waals surface area contributed by atoms with E-state index in [2.05, 4.69) is 80.7 Å². The van der Waals surface area contributed by atoms with Crippen molar-refractivity contribution in [3.63, 3.8) is 0 Å². The standard InChI is InChI=1S/C17H21N/c1-13-9-11-17(12-10-13)15(3)18-14(2)16-7-5-4-6-8-16/h4-12,14-15,18H,1-3H3/t14-,15?/m1/s1. The summed E-state index contributed by atoms with van der Waals surface area (Å²) >= 11 is 0. The third-order valence-corrected chi connectivity index (χ3v) is 3.38. The lowest BCUT2D eigenvalue weighted by Crippen LogP contribution is -2.22. The molecule has 2 rings (SSSR count). The first-order valence-electron chi connectivity index (χ1n) is 6.54. The van der Waals surface area contributed by atoms with Crippen molar-refractivity contribution >= 4 is 0 Å². The Hall–Kier alpha value is -1.60. The van der Waals surface area contributed by atoms with E-state index in [1.165, 1.54) is 16.7 Å². The number of hydrogen-bond donors (Lipinski definition) is 1. The number of aryl methyl sites for hydroxylation is 1. The number of hydrogen-bond acceptors (Lipinski definition) is 1. The number of rotatable bonds is 4. The van der Waals surface area contributed by atoms with Crippen molar-refractivity contribution in [2.75, 3.05) is 0 Å². The molecule has 0 radical (unpaired) electrons. The second-order valence-electron chi connectivity index (χ2n) is 4.93. The number of benzene rings is 2. The van der Waals surface area contributed by atoms with E-state index in [0.717, 1.165) is 0 Å². The lowest BCUT2D eigenvalue weighted by molar-refractivity contribution is 0.494. The quantitative estimate of drug-likeness (QED) is 0.833. The van der Waals surface area contributed by atoms with Crippen LogP contribution in [0.25, 0.3) is 0 Å². The van der Waals surface area contributed by atoms with E-state index >= 15 is 0 Å². The van der Waals surface area contributed by atoms with Gasteiger partial charge in [0.1, 0.15) is 0 Å². The molecule has 2 aromatic carbocycles. The van der Waals surface area contributed by atoms with E-state index in [0.29, 0.717) is 12.1 Å². The van der Waals surface area contributed by atoms with Gasteiger partial charge in [0.05, 0.1) is 0 Å². The second-order valence-corrected chi connectivity index (χ2v) is 4.93. The molecule has 0 heterocycles. The SMILES string of the molecule is Cc1ccc(C(C)N[C@H](C)c2ccccc2)cc1. The minimum absolute atomic E-state index is 0.362. The molecule has 18 heavy (non-hydrogen) atoms. The van der Waals surface area contributed by atoms with Crippen molar-refractivity contribution in [1.82, 2.24) is 5.32 Å². The Kier molecular flexibility index (Phi) is 4.16. The lowest BCUT2D eigenvalue weighted by atomic mass is 10.0. The van der Waals surface area contributed by atoms with Crippen LogP contribution in [0, 0.1) is 6.92 Å². The van der Waals surface area contributed by atoms with Crippen LogP contribution in [0.4, 0.5) is 0 Å². The van der Waals surface area contributed by atoms with Gasteiger partial charge in [-0.3, -0.25) is 0 Å². The molecule has 0 spiro atoms. The Morgan fingerprint density at radius 1 is 0.722 bits per heavy atom. The van der Waals surface area contributed by atoms with E-state index in [4.69, 9.17) is 0 Å². The van der Waals surface area contributed by atoms with Gasteiger partial charge in [-0.15, -0.1) is 0 Å². The van der Waals surface area contributed by atoms with Gasteiger partial charge in [-0.05, 0) is 31.9 Å². The third-order valence-electron chi connectivity index (χ3n) is 3.38. The summed E-state index contributed by atoms with van der Waals surface area (Å²) in [4.78, 5) is 0. The average Bonchev–Trinajstić information content (AvgIpc) is 2.40. The van der Waals surface area contributed by atoms with Crippen LogP contribution in [0.15, 0.2) is 54.6 Å². The predicted molar refractivity (Wildman–Crippen MR) is 77.6 cm³/mol. The van der Waals surface area contributed by atoms with Crippen LogP contribution in [0.3, 0.4) is 0 Å². The second kappa shape index (κ2) is 5.83. The molecule has 94 valence electrons. The van der Waals surface area contributed by atoms with Gasteiger partial charge in [0.15, 0.2) is 0 Å². The summed E-state index contributed by atoms with van der Waals surface area (Å²) in [6, 6.07) is 20.0. The van der Waals surface area contributed by atoms with Gasteiger partial charge in [-0.1, -0.05) is 60.2 Å². The minimum atomic E-state index is 0.362. The molecule has 2 atom stereocenters. The summed E-state index contributed by atoms with van der Waals surface area (Å²) in [5, 5.41) is 3.63. The molecule has 0 saturated carbocycles. The Morgan fingerprint density at radius 3 is 1.78 bits per heavy atom. The van der Waals surface area contributed by atoms with E-state index < -0.39 is 0 Å². The van der Waals surface area contributed by atoms with Gasteiger partial charge in [0, 0.05) is 12.1 Å². The van der Waals surface area contributed by atoms with Crippen LogP contribution >= 0.6 is 0 Å². The van der Waals surface area contributed by atoms with Gasteiger partial charge in [0.25, 0.3) is 0 Å². The van der Waals surface area contributed by atoms with E-state index in [1.807, 2.05) is 0 Å². The molecule has 2 aromatic rings. The Morgan fingerprint density at radius 2 is 1.22 bits per heavy atom. The molecule has 0 aliphatic heterocycles. The first-order chi connectivity index (χ1) is 8.66. The minimum Gasteiger partial charge on any atom is -0.304 e. The maximum atomic E-state index is 3.63. The predicted octanol–water partition coefficient (Wildman–Crippen LogP) is 4.41. The molecule has 0 aromatic heterocycles. The van der Waals surface area contributed by atoms with Gasteiger partial charge >= 0.3 is 0 Å². The van der Waals surface area contributed by atoms with Gasteiger partial charge in [0.2, 0.25) is 0 Å². The van der Waals surface area contributed by atoms with Crippen LogP contribution in [0.2, 0.25) is 0 Å². The molecule has 0 bridgehead atoms. The third kappa shape index (κ3) is 3.21. The molecular formula is C17H21N. The van der Waals surface area contributed by atoms with E-state index in [9.17, 15) is 0 Å². The summed E-state index contributed by atoms with van der Waals surface area (Å²) < 4.78 is 0. The smallest absolute Gasteiger partial charge is 0.0297 e. The molecule has 1 heteroatoms. The normalized spacial score (nSPS) is 14.2. The van der Waals surface area contributed by atoms with Crippen LogP contribution in [0.1, 0.15) is 42.6 Å². The molecule has 1 unspecified atom stereocenters.